The standard InChI is InChI=1S/C57H66N12O3/c1-35-31-37(3)51(38(4)32-35)54-44-13-11-42(63-44)53(41-9-7-8-10-50(41)69(71)72)43-12-14-45(64-43)55(52-39(5)33-36(2)34-40(52)6)47-16-18-49(66-47)56(48-17-15-46(54)65-48)67-57(70)68-29-27-61-25-23-59-21-19-58-20-22-60-24-26-62-28-30-68/h7-18,31-34,58-63,66H,19-30H2,1-6H3,(H,67,70). The topological polar surface area (TPSA) is 193 Å². The van der Waals surface area contributed by atoms with E-state index in [9.17, 15) is 14.9 Å². The van der Waals surface area contributed by atoms with Gasteiger partial charge < -0.3 is 46.8 Å². The van der Waals surface area contributed by atoms with E-state index in [1.165, 1.54) is 6.07 Å². The smallest absolute Gasteiger partial charge is 0.322 e. The second-order valence-corrected chi connectivity index (χ2v) is 19.0. The maximum absolute atomic E-state index is 14.9. The third-order valence-electron chi connectivity index (χ3n) is 13.5. The number of carbonyl (C=O) groups is 1. The lowest BCUT2D eigenvalue weighted by atomic mass is 9.92. The van der Waals surface area contributed by atoms with Crippen molar-refractivity contribution < 1.29 is 9.72 Å². The number of anilines is 1. The zero-order valence-electron chi connectivity index (χ0n) is 42.2. The molecule has 3 aliphatic rings. The summed E-state index contributed by atoms with van der Waals surface area (Å²) in [6, 6.07) is 23.3. The Bertz CT molecular complexity index is 3140. The van der Waals surface area contributed by atoms with Gasteiger partial charge in [0.1, 0.15) is 0 Å². The number of nitrogens with zero attached hydrogens (tertiary/aromatic N) is 4. The summed E-state index contributed by atoms with van der Waals surface area (Å²) in [4.78, 5) is 47.5. The Morgan fingerprint density at radius 2 is 0.903 bits per heavy atom. The highest BCUT2D eigenvalue weighted by molar-refractivity contribution is 6.03. The average molecular weight is 967 g/mol. The highest BCUT2D eigenvalue weighted by Crippen LogP contribution is 2.42. The predicted molar refractivity (Wildman–Crippen MR) is 295 cm³/mol. The summed E-state index contributed by atoms with van der Waals surface area (Å²) in [6.07, 6.45) is 7.92. The van der Waals surface area contributed by atoms with E-state index in [0.29, 0.717) is 76.8 Å². The van der Waals surface area contributed by atoms with Crippen LogP contribution in [0.4, 0.5) is 16.2 Å². The molecule has 3 aliphatic heterocycles. The Morgan fingerprint density at radius 3 is 1.39 bits per heavy atom. The Balaban J connectivity index is 1.29. The van der Waals surface area contributed by atoms with Crippen LogP contribution in [-0.2, 0) is 0 Å². The number of rotatable bonds is 5. The van der Waals surface area contributed by atoms with E-state index in [4.69, 9.17) is 9.97 Å². The zero-order valence-corrected chi connectivity index (χ0v) is 42.2. The Kier molecular flexibility index (Phi) is 15.5. The van der Waals surface area contributed by atoms with Gasteiger partial charge >= 0.3 is 6.03 Å². The molecule has 6 aromatic rings. The van der Waals surface area contributed by atoms with Gasteiger partial charge in [-0.15, -0.1) is 0 Å². The number of aromatic nitrogens is 4. The molecule has 0 spiro atoms. The first-order valence-corrected chi connectivity index (χ1v) is 25.1. The third-order valence-corrected chi connectivity index (χ3v) is 13.5. The van der Waals surface area contributed by atoms with Crippen LogP contribution in [0, 0.1) is 51.7 Å². The minimum Gasteiger partial charge on any atom is -0.354 e. The van der Waals surface area contributed by atoms with E-state index in [1.807, 2.05) is 59.5 Å². The second kappa shape index (κ2) is 22.4. The molecule has 0 radical (unpaired) electrons. The molecule has 0 unspecified atom stereocenters. The number of fused-ring (bicyclic) bond motifs is 8. The fourth-order valence-corrected chi connectivity index (χ4v) is 10.4. The first-order chi connectivity index (χ1) is 34.9. The number of H-pyrrole nitrogens is 2. The first-order valence-electron chi connectivity index (χ1n) is 25.1. The van der Waals surface area contributed by atoms with Crippen molar-refractivity contribution in [1.29, 1.82) is 0 Å². The fraction of sp³-hybridized carbons (Fsp3) is 0.316. The molecular formula is C57H66N12O3. The van der Waals surface area contributed by atoms with Crippen LogP contribution >= 0.6 is 0 Å². The molecule has 372 valence electrons. The van der Waals surface area contributed by atoms with Gasteiger partial charge in [0.2, 0.25) is 0 Å². The molecule has 9 rings (SSSR count). The van der Waals surface area contributed by atoms with Crippen LogP contribution in [0.15, 0.2) is 72.8 Å². The van der Waals surface area contributed by atoms with Crippen molar-refractivity contribution in [2.75, 3.05) is 83.9 Å². The summed E-state index contributed by atoms with van der Waals surface area (Å²) < 4.78 is 0. The lowest BCUT2D eigenvalue weighted by molar-refractivity contribution is -0.384. The number of nitro groups is 1. The molecule has 72 heavy (non-hydrogen) atoms. The van der Waals surface area contributed by atoms with Gasteiger partial charge in [0.15, 0.2) is 0 Å². The third kappa shape index (κ3) is 11.0. The lowest BCUT2D eigenvalue weighted by Crippen LogP contribution is -2.44. The summed E-state index contributed by atoms with van der Waals surface area (Å²) in [5.41, 5.74) is 17.3. The van der Waals surface area contributed by atoms with Crippen LogP contribution < -0.4 is 31.9 Å². The molecule has 3 aromatic carbocycles. The molecule has 6 heterocycles. The number of nitrogens with one attached hydrogen (secondary N) is 8. The van der Waals surface area contributed by atoms with Crippen LogP contribution in [-0.4, -0.2) is 114 Å². The average Bonchev–Trinajstić information content (AvgIpc) is 4.20. The number of hydrogen-bond acceptors (Lipinski definition) is 10. The summed E-state index contributed by atoms with van der Waals surface area (Å²) >= 11 is 0. The molecule has 15 heteroatoms. The molecule has 0 aliphatic carbocycles. The Morgan fingerprint density at radius 1 is 0.514 bits per heavy atom. The van der Waals surface area contributed by atoms with Crippen LogP contribution in [0.5, 0.6) is 0 Å². The molecule has 8 bridgehead atoms. The van der Waals surface area contributed by atoms with Gasteiger partial charge in [0.25, 0.3) is 5.69 Å². The van der Waals surface area contributed by atoms with Crippen molar-refractivity contribution in [3.8, 4) is 33.4 Å². The van der Waals surface area contributed by atoms with Gasteiger partial charge in [0.05, 0.1) is 44.5 Å². The first kappa shape index (κ1) is 49.7. The van der Waals surface area contributed by atoms with E-state index < -0.39 is 0 Å². The van der Waals surface area contributed by atoms with E-state index in [-0.39, 0.29) is 16.6 Å². The van der Waals surface area contributed by atoms with Crippen molar-refractivity contribution >= 4 is 63.8 Å². The summed E-state index contributed by atoms with van der Waals surface area (Å²) in [5.74, 6) is 0. The zero-order chi connectivity index (χ0) is 50.3. The van der Waals surface area contributed by atoms with Crippen LogP contribution in [0.2, 0.25) is 0 Å². The van der Waals surface area contributed by atoms with E-state index in [0.717, 1.165) is 119 Å². The quantitative estimate of drug-likeness (QED) is 0.0609. The number of benzene rings is 3. The van der Waals surface area contributed by atoms with Gasteiger partial charge in [-0.2, -0.15) is 0 Å². The Labute approximate surface area is 421 Å². The number of aromatic amines is 2. The molecule has 0 atom stereocenters. The van der Waals surface area contributed by atoms with E-state index in [1.54, 1.807) is 12.1 Å². The number of urea groups is 1. The van der Waals surface area contributed by atoms with E-state index >= 15 is 0 Å². The molecule has 1 fully saturated rings. The van der Waals surface area contributed by atoms with E-state index in [2.05, 4.69) is 108 Å². The molecule has 2 amide bonds. The summed E-state index contributed by atoms with van der Waals surface area (Å²) in [6.45, 7) is 21.7. The van der Waals surface area contributed by atoms with Gasteiger partial charge in [-0.1, -0.05) is 47.5 Å². The van der Waals surface area contributed by atoms with Gasteiger partial charge in [-0.3, -0.25) is 10.1 Å². The predicted octanol–water partition coefficient (Wildman–Crippen LogP) is 9.21. The van der Waals surface area contributed by atoms with Crippen LogP contribution in [0.3, 0.4) is 0 Å². The SMILES string of the molecule is Cc1cc(C)c(-c2c3nc(c(-c4ccccc4[N+](=O)[O-])c4ccc([nH]4)c(-c4c(C)cc(C)cc4C)c4nc(c(NC(=O)N5CCNCCNCCNCCNCCNCC5)c5ccc2[nH]5)C=C4)C=C3)c(C)c1. The molecule has 8 N–H and O–H groups in total. The monoisotopic (exact) mass is 967 g/mol. The second-order valence-electron chi connectivity index (χ2n) is 19.0. The van der Waals surface area contributed by atoms with Crippen molar-refractivity contribution in [1.82, 2.24) is 51.4 Å². The van der Waals surface area contributed by atoms with Gasteiger partial charge in [-0.05, 0) is 130 Å². The van der Waals surface area contributed by atoms with Crippen molar-refractivity contribution in [2.45, 2.75) is 41.5 Å². The lowest BCUT2D eigenvalue weighted by Gasteiger charge is -2.24. The number of hydrogen-bond donors (Lipinski definition) is 8. The largest absolute Gasteiger partial charge is 0.354 e. The fourth-order valence-electron chi connectivity index (χ4n) is 10.4. The van der Waals surface area contributed by atoms with Crippen LogP contribution in [0.25, 0.3) is 79.8 Å². The molecular weight excluding hydrogens is 901 g/mol. The van der Waals surface area contributed by atoms with Crippen molar-refractivity contribution in [3.05, 3.63) is 139 Å². The number of nitro benzene ring substituents is 1. The maximum atomic E-state index is 14.9. The number of carbonyl (C=O) groups excluding carboxylic acids is 1. The van der Waals surface area contributed by atoms with Gasteiger partial charge in [0, 0.05) is 118 Å². The number of amides is 2. The summed E-state index contributed by atoms with van der Waals surface area (Å²) in [5, 5.41) is 33.6. The normalized spacial score (nSPS) is 15.3. The highest BCUT2D eigenvalue weighted by Gasteiger charge is 2.25. The number of para-hydroxylation sites is 1. The molecule has 3 aromatic heterocycles. The molecule has 15 nitrogen and oxygen atoms in total. The highest BCUT2D eigenvalue weighted by atomic mass is 16.6. The minimum absolute atomic E-state index is 0.0249. The van der Waals surface area contributed by atoms with Crippen molar-refractivity contribution in [2.24, 2.45) is 0 Å². The van der Waals surface area contributed by atoms with Crippen molar-refractivity contribution in [3.63, 3.8) is 0 Å². The summed E-state index contributed by atoms with van der Waals surface area (Å²) in [7, 11) is 0. The molecule has 0 saturated carbocycles. The Hall–Kier alpha value is -7.27. The number of aryl methyl sites for hydroxylation is 6. The maximum Gasteiger partial charge on any atom is 0.322 e. The minimum atomic E-state index is -0.336. The molecule has 1 saturated heterocycles. The van der Waals surface area contributed by atoms with Crippen LogP contribution in [0.1, 0.15) is 56.2 Å². The van der Waals surface area contributed by atoms with Gasteiger partial charge in [-0.25, -0.2) is 14.8 Å².